The second kappa shape index (κ2) is 8.98. The fraction of sp³-hybridized carbons (Fsp3) is 0.391. The molecule has 11 nitrogen and oxygen atoms in total. The summed E-state index contributed by atoms with van der Waals surface area (Å²) in [6.07, 6.45) is 2.90. The van der Waals surface area contributed by atoms with Crippen LogP contribution in [-0.2, 0) is 10.0 Å². The summed E-state index contributed by atoms with van der Waals surface area (Å²) >= 11 is 1.46. The van der Waals surface area contributed by atoms with Gasteiger partial charge in [0.25, 0.3) is 5.91 Å². The van der Waals surface area contributed by atoms with E-state index in [4.69, 9.17) is 4.98 Å². The predicted molar refractivity (Wildman–Crippen MR) is 143 cm³/mol. The lowest BCUT2D eigenvalue weighted by atomic mass is 10.1. The SMILES string of the molecule is Cc1nc2c(s1)N(C)c1nc(Nc3ccc(N4CCN(S(C)(=O)=O)CC4)cc3C)ncc1N(C)C2=O. The lowest BCUT2D eigenvalue weighted by molar-refractivity contribution is 0.0990. The predicted octanol–water partition coefficient (Wildman–Crippen LogP) is 2.73. The molecule has 0 spiro atoms. The molecule has 5 rings (SSSR count). The van der Waals surface area contributed by atoms with Gasteiger partial charge in [0, 0.05) is 51.6 Å². The van der Waals surface area contributed by atoms with E-state index in [0.717, 1.165) is 26.9 Å². The van der Waals surface area contributed by atoms with Crippen LogP contribution in [0.25, 0.3) is 0 Å². The highest BCUT2D eigenvalue weighted by Crippen LogP contribution is 2.41. The number of aromatic nitrogens is 3. The van der Waals surface area contributed by atoms with Crippen molar-refractivity contribution in [1.82, 2.24) is 19.3 Å². The number of sulfonamides is 1. The number of fused-ring (bicyclic) bond motifs is 2. The van der Waals surface area contributed by atoms with Crippen molar-refractivity contribution in [2.75, 3.05) is 66.5 Å². The average Bonchev–Trinajstić information content (AvgIpc) is 3.22. The number of benzene rings is 1. The van der Waals surface area contributed by atoms with Crippen molar-refractivity contribution >= 4 is 61.1 Å². The minimum absolute atomic E-state index is 0.187. The van der Waals surface area contributed by atoms with Gasteiger partial charge in [0.15, 0.2) is 11.5 Å². The van der Waals surface area contributed by atoms with E-state index < -0.39 is 10.0 Å². The molecule has 3 aromatic rings. The molecule has 4 heterocycles. The molecule has 1 aromatic carbocycles. The van der Waals surface area contributed by atoms with Crippen molar-refractivity contribution in [2.45, 2.75) is 13.8 Å². The maximum atomic E-state index is 12.9. The molecule has 0 unspecified atom stereocenters. The quantitative estimate of drug-likeness (QED) is 0.546. The van der Waals surface area contributed by atoms with Crippen molar-refractivity contribution in [3.63, 3.8) is 0 Å². The van der Waals surface area contributed by atoms with Gasteiger partial charge in [0.1, 0.15) is 10.7 Å². The Morgan fingerprint density at radius 2 is 1.75 bits per heavy atom. The van der Waals surface area contributed by atoms with Crippen LogP contribution in [0.1, 0.15) is 21.1 Å². The summed E-state index contributed by atoms with van der Waals surface area (Å²) < 4.78 is 25.1. The second-order valence-electron chi connectivity index (χ2n) is 8.99. The summed E-state index contributed by atoms with van der Waals surface area (Å²) in [6, 6.07) is 6.07. The van der Waals surface area contributed by atoms with E-state index in [-0.39, 0.29) is 5.91 Å². The summed E-state index contributed by atoms with van der Waals surface area (Å²) in [5, 5.41) is 4.88. The normalized spacial score (nSPS) is 16.6. The molecule has 1 saturated heterocycles. The monoisotopic (exact) mass is 528 g/mol. The molecular formula is C23H28N8O3S2. The fourth-order valence-corrected chi connectivity index (χ4v) is 6.14. The van der Waals surface area contributed by atoms with Gasteiger partial charge in [-0.1, -0.05) is 0 Å². The largest absolute Gasteiger partial charge is 0.369 e. The highest BCUT2D eigenvalue weighted by molar-refractivity contribution is 7.88. The van der Waals surface area contributed by atoms with Crippen molar-refractivity contribution in [3.8, 4) is 0 Å². The number of hydrogen-bond acceptors (Lipinski definition) is 10. The van der Waals surface area contributed by atoms with Crippen molar-refractivity contribution < 1.29 is 13.2 Å². The highest BCUT2D eigenvalue weighted by Gasteiger charge is 2.32. The lowest BCUT2D eigenvalue weighted by Gasteiger charge is -2.35. The molecule has 13 heteroatoms. The number of hydrogen-bond donors (Lipinski definition) is 1. The maximum absolute atomic E-state index is 12.9. The third kappa shape index (κ3) is 4.38. The van der Waals surface area contributed by atoms with Crippen molar-refractivity contribution in [2.24, 2.45) is 0 Å². The van der Waals surface area contributed by atoms with Gasteiger partial charge in [0.2, 0.25) is 16.0 Å². The van der Waals surface area contributed by atoms with Crippen LogP contribution in [0.3, 0.4) is 0 Å². The van der Waals surface area contributed by atoms with E-state index in [1.165, 1.54) is 26.8 Å². The molecule has 0 bridgehead atoms. The zero-order valence-corrected chi connectivity index (χ0v) is 22.4. The number of rotatable bonds is 4. The van der Waals surface area contributed by atoms with Crippen LogP contribution >= 0.6 is 11.3 Å². The van der Waals surface area contributed by atoms with E-state index in [9.17, 15) is 13.2 Å². The Morgan fingerprint density at radius 1 is 1.03 bits per heavy atom. The molecule has 2 aliphatic heterocycles. The number of thiazole rings is 1. The Kier molecular flexibility index (Phi) is 6.09. The molecule has 0 radical (unpaired) electrons. The third-order valence-electron chi connectivity index (χ3n) is 6.49. The first-order chi connectivity index (χ1) is 17.0. The van der Waals surface area contributed by atoms with E-state index in [1.807, 2.05) is 37.9 Å². The van der Waals surface area contributed by atoms with Crippen molar-refractivity contribution in [1.29, 1.82) is 0 Å². The van der Waals surface area contributed by atoms with E-state index in [1.54, 1.807) is 13.2 Å². The summed E-state index contributed by atoms with van der Waals surface area (Å²) in [6.45, 7) is 6.13. The molecule has 2 aliphatic rings. The zero-order valence-electron chi connectivity index (χ0n) is 20.8. The molecule has 0 atom stereocenters. The number of carbonyl (C=O) groups excluding carboxylic acids is 1. The molecule has 2 aromatic heterocycles. The van der Waals surface area contributed by atoms with Gasteiger partial charge in [-0.3, -0.25) is 4.79 Å². The van der Waals surface area contributed by atoms with Crippen LogP contribution in [0.5, 0.6) is 0 Å². The van der Waals surface area contributed by atoms with Gasteiger partial charge >= 0.3 is 0 Å². The first-order valence-corrected chi connectivity index (χ1v) is 14.1. The number of anilines is 6. The Labute approximate surface area is 214 Å². The molecule has 1 amide bonds. The lowest BCUT2D eigenvalue weighted by Crippen LogP contribution is -2.48. The summed E-state index contributed by atoms with van der Waals surface area (Å²) in [5.41, 5.74) is 3.94. The van der Waals surface area contributed by atoms with Gasteiger partial charge in [-0.05, 0) is 37.6 Å². The topological polar surface area (TPSA) is 115 Å². The molecule has 190 valence electrons. The van der Waals surface area contributed by atoms with Crippen molar-refractivity contribution in [3.05, 3.63) is 40.7 Å². The summed E-state index contributed by atoms with van der Waals surface area (Å²) in [7, 11) is 0.418. The average molecular weight is 529 g/mol. The number of amides is 1. The number of carbonyl (C=O) groups is 1. The van der Waals surface area contributed by atoms with Gasteiger partial charge in [-0.25, -0.2) is 18.4 Å². The zero-order chi connectivity index (χ0) is 25.8. The standard InChI is InChI=1S/C23H28N8O3S2/c1-14-12-16(30-8-10-31(11-9-30)36(5,33)34)6-7-17(14)26-23-24-13-18-20(27-23)29(4)22-19(21(32)28(18)3)25-15(2)35-22/h6-7,12-13H,8-11H2,1-5H3,(H,24,26,27). The Balaban J connectivity index is 1.37. The third-order valence-corrected chi connectivity index (χ3v) is 8.84. The minimum Gasteiger partial charge on any atom is -0.369 e. The second-order valence-corrected chi connectivity index (χ2v) is 12.1. The Bertz CT molecular complexity index is 1450. The highest BCUT2D eigenvalue weighted by atomic mass is 32.2. The first kappa shape index (κ1) is 24.4. The van der Waals surface area contributed by atoms with Gasteiger partial charge in [0.05, 0.1) is 17.5 Å². The van der Waals surface area contributed by atoms with Crippen LogP contribution in [0.15, 0.2) is 24.4 Å². The molecule has 0 aliphatic carbocycles. The number of piperazine rings is 1. The number of nitrogens with one attached hydrogen (secondary N) is 1. The first-order valence-electron chi connectivity index (χ1n) is 11.5. The minimum atomic E-state index is -3.16. The Hall–Kier alpha value is -3.29. The van der Waals surface area contributed by atoms with E-state index in [2.05, 4.69) is 26.3 Å². The molecule has 36 heavy (non-hydrogen) atoms. The number of nitrogens with zero attached hydrogens (tertiary/aromatic N) is 7. The van der Waals surface area contributed by atoms with Gasteiger partial charge < -0.3 is 20.0 Å². The van der Waals surface area contributed by atoms with Crippen LogP contribution in [0.2, 0.25) is 0 Å². The van der Waals surface area contributed by atoms with E-state index >= 15 is 0 Å². The van der Waals surface area contributed by atoms with Crippen LogP contribution < -0.4 is 20.0 Å². The van der Waals surface area contributed by atoms with E-state index in [0.29, 0.717) is 49.3 Å². The van der Waals surface area contributed by atoms with Crippen LogP contribution in [0, 0.1) is 13.8 Å². The summed E-state index contributed by atoms with van der Waals surface area (Å²) in [5.74, 6) is 0.848. The molecule has 1 fully saturated rings. The molecule has 1 N–H and O–H groups in total. The van der Waals surface area contributed by atoms with Crippen LogP contribution in [0.4, 0.5) is 33.8 Å². The Morgan fingerprint density at radius 3 is 2.42 bits per heavy atom. The fourth-order valence-electron chi connectivity index (χ4n) is 4.44. The van der Waals surface area contributed by atoms with Gasteiger partial charge in [-0.2, -0.15) is 9.29 Å². The molecular weight excluding hydrogens is 500 g/mol. The smallest absolute Gasteiger partial charge is 0.279 e. The number of aryl methyl sites for hydroxylation is 2. The molecule has 0 saturated carbocycles. The summed E-state index contributed by atoms with van der Waals surface area (Å²) in [4.78, 5) is 32.2. The maximum Gasteiger partial charge on any atom is 0.279 e. The van der Waals surface area contributed by atoms with Crippen LogP contribution in [-0.4, -0.2) is 80.1 Å². The van der Waals surface area contributed by atoms with Gasteiger partial charge in [-0.15, -0.1) is 11.3 Å².